The van der Waals surface area contributed by atoms with E-state index >= 15 is 0 Å². The maximum Gasteiger partial charge on any atom is 0.271 e. The fraction of sp³-hybridized carbons (Fsp3) is 0.556. The summed E-state index contributed by atoms with van der Waals surface area (Å²) >= 11 is 0. The topological polar surface area (TPSA) is 50.2 Å². The summed E-state index contributed by atoms with van der Waals surface area (Å²) in [6, 6.07) is 0. The molecule has 0 saturated carbocycles. The van der Waals surface area contributed by atoms with Gasteiger partial charge in [0.25, 0.3) is 5.91 Å². The van der Waals surface area contributed by atoms with Gasteiger partial charge in [0.15, 0.2) is 0 Å². The molecule has 2 heterocycles. The first-order valence-electron chi connectivity index (χ1n) is 4.67. The van der Waals surface area contributed by atoms with Gasteiger partial charge in [0.1, 0.15) is 11.5 Å². The summed E-state index contributed by atoms with van der Waals surface area (Å²) in [7, 11) is 3.67. The van der Waals surface area contributed by atoms with Gasteiger partial charge in [-0.25, -0.2) is 4.98 Å². The summed E-state index contributed by atoms with van der Waals surface area (Å²) in [5.41, 5.74) is 0.512. The lowest BCUT2D eigenvalue weighted by molar-refractivity contribution is 0.0958. The zero-order valence-corrected chi connectivity index (χ0v) is 8.45. The molecule has 0 aromatic carbocycles. The van der Waals surface area contributed by atoms with Crippen LogP contribution in [0, 0.1) is 0 Å². The Morgan fingerprint density at radius 3 is 3.07 bits per heavy atom. The van der Waals surface area contributed by atoms with Gasteiger partial charge in [-0.05, 0) is 7.05 Å². The lowest BCUT2D eigenvalue weighted by atomic mass is 10.4. The molecule has 2 rings (SSSR count). The summed E-state index contributed by atoms with van der Waals surface area (Å²) in [6.07, 6.45) is 1.82. The zero-order chi connectivity index (χ0) is 10.1. The minimum absolute atomic E-state index is 0.116. The van der Waals surface area contributed by atoms with Crippen LogP contribution in [0.25, 0.3) is 0 Å². The molecule has 1 aromatic rings. The average Bonchev–Trinajstić information content (AvgIpc) is 2.59. The first kappa shape index (κ1) is 9.21. The van der Waals surface area contributed by atoms with Crippen LogP contribution in [-0.2, 0) is 13.1 Å². The molecule has 0 saturated heterocycles. The second-order valence-electron chi connectivity index (χ2n) is 3.55. The van der Waals surface area contributed by atoms with Crippen molar-refractivity contribution in [2.24, 2.45) is 0 Å². The van der Waals surface area contributed by atoms with Gasteiger partial charge in [0, 0.05) is 26.3 Å². The van der Waals surface area contributed by atoms with Crippen LogP contribution in [0.3, 0.4) is 0 Å². The van der Waals surface area contributed by atoms with E-state index in [2.05, 4.69) is 22.2 Å². The van der Waals surface area contributed by atoms with Crippen LogP contribution >= 0.6 is 0 Å². The van der Waals surface area contributed by atoms with Crippen molar-refractivity contribution in [3.8, 4) is 0 Å². The standard InChI is InChI=1S/C9H14N4O/c1-10-9(14)7-5-13-4-3-12(2)6-8(13)11-7/h5H,3-4,6H2,1-2H3,(H,10,14). The summed E-state index contributed by atoms with van der Waals surface area (Å²) < 4.78 is 2.05. The molecule has 0 fully saturated rings. The van der Waals surface area contributed by atoms with Crippen LogP contribution < -0.4 is 5.32 Å². The molecule has 1 amide bonds. The van der Waals surface area contributed by atoms with E-state index in [1.807, 2.05) is 10.8 Å². The predicted molar refractivity (Wildman–Crippen MR) is 52.0 cm³/mol. The smallest absolute Gasteiger partial charge is 0.271 e. The number of amides is 1. The van der Waals surface area contributed by atoms with E-state index in [4.69, 9.17) is 0 Å². The van der Waals surface area contributed by atoms with Gasteiger partial charge in [-0.2, -0.15) is 0 Å². The van der Waals surface area contributed by atoms with E-state index in [9.17, 15) is 4.79 Å². The summed E-state index contributed by atoms with van der Waals surface area (Å²) in [4.78, 5) is 17.8. The number of carbonyl (C=O) groups is 1. The molecule has 0 radical (unpaired) electrons. The van der Waals surface area contributed by atoms with Gasteiger partial charge in [-0.3, -0.25) is 9.69 Å². The third-order valence-electron chi connectivity index (χ3n) is 2.45. The van der Waals surface area contributed by atoms with Gasteiger partial charge in [-0.15, -0.1) is 0 Å². The number of hydrogen-bond acceptors (Lipinski definition) is 3. The molecule has 0 unspecified atom stereocenters. The highest BCUT2D eigenvalue weighted by atomic mass is 16.1. The average molecular weight is 194 g/mol. The molecule has 5 heteroatoms. The maximum absolute atomic E-state index is 11.3. The van der Waals surface area contributed by atoms with Crippen LogP contribution in [0.4, 0.5) is 0 Å². The number of likely N-dealkylation sites (N-methyl/N-ethyl adjacent to an activating group) is 1. The van der Waals surface area contributed by atoms with Crippen molar-refractivity contribution in [1.82, 2.24) is 19.8 Å². The van der Waals surface area contributed by atoms with E-state index in [1.165, 1.54) is 0 Å². The number of imidazole rings is 1. The van der Waals surface area contributed by atoms with Crippen LogP contribution in [0.2, 0.25) is 0 Å². The lowest BCUT2D eigenvalue weighted by Crippen LogP contribution is -2.30. The van der Waals surface area contributed by atoms with E-state index in [-0.39, 0.29) is 5.91 Å². The number of rotatable bonds is 1. The first-order valence-corrected chi connectivity index (χ1v) is 4.67. The highest BCUT2D eigenvalue weighted by molar-refractivity contribution is 5.91. The molecule has 5 nitrogen and oxygen atoms in total. The lowest BCUT2D eigenvalue weighted by Gasteiger charge is -2.22. The highest BCUT2D eigenvalue weighted by Gasteiger charge is 2.17. The van der Waals surface area contributed by atoms with Crippen LogP contribution in [0.1, 0.15) is 16.3 Å². The Labute approximate surface area is 82.7 Å². The molecule has 76 valence electrons. The number of hydrogen-bond donors (Lipinski definition) is 1. The normalized spacial score (nSPS) is 16.4. The number of aromatic nitrogens is 2. The summed E-state index contributed by atoms with van der Waals surface area (Å²) in [5.74, 6) is 0.854. The molecular formula is C9H14N4O. The molecule has 14 heavy (non-hydrogen) atoms. The Morgan fingerprint density at radius 1 is 1.57 bits per heavy atom. The second kappa shape index (κ2) is 3.42. The third kappa shape index (κ3) is 1.50. The number of fused-ring (bicyclic) bond motifs is 1. The minimum atomic E-state index is -0.116. The molecule has 1 aromatic heterocycles. The Bertz CT molecular complexity index is 358. The van der Waals surface area contributed by atoms with E-state index < -0.39 is 0 Å². The molecule has 0 atom stereocenters. The van der Waals surface area contributed by atoms with E-state index in [0.717, 1.165) is 25.5 Å². The summed E-state index contributed by atoms with van der Waals surface area (Å²) in [6.45, 7) is 2.74. The van der Waals surface area contributed by atoms with Crippen molar-refractivity contribution in [2.45, 2.75) is 13.1 Å². The van der Waals surface area contributed by atoms with E-state index in [0.29, 0.717) is 5.69 Å². The SMILES string of the molecule is CNC(=O)c1cn2c(n1)CN(C)CC2. The van der Waals surface area contributed by atoms with E-state index in [1.54, 1.807) is 7.05 Å². The fourth-order valence-electron chi connectivity index (χ4n) is 1.61. The van der Waals surface area contributed by atoms with Crippen molar-refractivity contribution >= 4 is 5.91 Å². The third-order valence-corrected chi connectivity index (χ3v) is 2.45. The molecule has 1 aliphatic rings. The van der Waals surface area contributed by atoms with Gasteiger partial charge >= 0.3 is 0 Å². The Morgan fingerprint density at radius 2 is 2.36 bits per heavy atom. The van der Waals surface area contributed by atoms with Crippen LogP contribution in [-0.4, -0.2) is 41.0 Å². The van der Waals surface area contributed by atoms with Gasteiger partial charge < -0.3 is 9.88 Å². The van der Waals surface area contributed by atoms with Crippen LogP contribution in [0.15, 0.2) is 6.20 Å². The molecule has 0 bridgehead atoms. The maximum atomic E-state index is 11.3. The predicted octanol–water partition coefficient (Wildman–Crippen LogP) is -0.312. The molecule has 1 aliphatic heterocycles. The number of nitrogens with one attached hydrogen (secondary N) is 1. The quantitative estimate of drug-likeness (QED) is 0.667. The Balaban J connectivity index is 2.27. The Kier molecular flexibility index (Phi) is 2.25. The zero-order valence-electron chi connectivity index (χ0n) is 8.45. The molecule has 0 spiro atoms. The van der Waals surface area contributed by atoms with Crippen LogP contribution in [0.5, 0.6) is 0 Å². The van der Waals surface area contributed by atoms with Gasteiger partial charge in [0.2, 0.25) is 0 Å². The second-order valence-corrected chi connectivity index (χ2v) is 3.55. The first-order chi connectivity index (χ1) is 6.70. The molecule has 0 aliphatic carbocycles. The fourth-order valence-corrected chi connectivity index (χ4v) is 1.61. The van der Waals surface area contributed by atoms with Crippen molar-refractivity contribution < 1.29 is 4.79 Å². The highest BCUT2D eigenvalue weighted by Crippen LogP contribution is 2.10. The van der Waals surface area contributed by atoms with Crippen molar-refractivity contribution in [3.05, 3.63) is 17.7 Å². The molecule has 1 N–H and O–H groups in total. The number of nitrogens with zero attached hydrogens (tertiary/aromatic N) is 3. The number of carbonyl (C=O) groups excluding carboxylic acids is 1. The minimum Gasteiger partial charge on any atom is -0.354 e. The monoisotopic (exact) mass is 194 g/mol. The largest absolute Gasteiger partial charge is 0.354 e. The van der Waals surface area contributed by atoms with Crippen molar-refractivity contribution in [2.75, 3.05) is 20.6 Å². The molecular weight excluding hydrogens is 180 g/mol. The van der Waals surface area contributed by atoms with Gasteiger partial charge in [-0.1, -0.05) is 0 Å². The summed E-state index contributed by atoms with van der Waals surface area (Å²) in [5, 5.41) is 2.57. The Hall–Kier alpha value is -1.36. The van der Waals surface area contributed by atoms with Crippen molar-refractivity contribution in [1.29, 1.82) is 0 Å². The van der Waals surface area contributed by atoms with Crippen molar-refractivity contribution in [3.63, 3.8) is 0 Å². The van der Waals surface area contributed by atoms with Gasteiger partial charge in [0.05, 0.1) is 6.54 Å².